The van der Waals surface area contributed by atoms with Crippen molar-refractivity contribution in [3.8, 4) is 0 Å². The number of aliphatic imine (C=N–C) groups is 2. The van der Waals surface area contributed by atoms with Crippen molar-refractivity contribution in [1.82, 2.24) is 15.5 Å². The Hall–Kier alpha value is -2.99. The summed E-state index contributed by atoms with van der Waals surface area (Å²) in [5.41, 5.74) is 9.51. The third-order valence-electron chi connectivity index (χ3n) is 5.43. The molecule has 0 aliphatic carbocycles. The van der Waals surface area contributed by atoms with Gasteiger partial charge in [-0.1, -0.05) is 6.07 Å². The van der Waals surface area contributed by atoms with Gasteiger partial charge in [0.15, 0.2) is 29.2 Å². The van der Waals surface area contributed by atoms with E-state index in [4.69, 9.17) is 11.5 Å². The predicted molar refractivity (Wildman–Crippen MR) is 93.8 cm³/mol. The summed E-state index contributed by atoms with van der Waals surface area (Å²) in [6.07, 6.45) is 0. The summed E-state index contributed by atoms with van der Waals surface area (Å²) in [4.78, 5) is 22.3. The number of nitrogens with one attached hydrogen (secondary N) is 2. The zero-order chi connectivity index (χ0) is 20.4. The van der Waals surface area contributed by atoms with Gasteiger partial charge in [-0.05, 0) is 19.1 Å². The van der Waals surface area contributed by atoms with E-state index in [2.05, 4.69) is 20.6 Å². The molecule has 1 fully saturated rings. The van der Waals surface area contributed by atoms with Crippen LogP contribution in [0.3, 0.4) is 0 Å². The zero-order valence-electron chi connectivity index (χ0n) is 14.7. The van der Waals surface area contributed by atoms with E-state index in [0.29, 0.717) is 0 Å². The van der Waals surface area contributed by atoms with Gasteiger partial charge in [-0.3, -0.25) is 4.79 Å². The number of hydrogen-bond acceptors (Lipinski definition) is 9. The summed E-state index contributed by atoms with van der Waals surface area (Å²) in [6, 6.07) is 0.457. The van der Waals surface area contributed by atoms with Gasteiger partial charge in [-0.25, -0.2) is 18.8 Å². The van der Waals surface area contributed by atoms with Crippen molar-refractivity contribution in [2.24, 2.45) is 21.5 Å². The first kappa shape index (κ1) is 18.4. The van der Waals surface area contributed by atoms with Crippen LogP contribution in [0.25, 0.3) is 0 Å². The lowest BCUT2D eigenvalue weighted by Gasteiger charge is -2.48. The van der Waals surface area contributed by atoms with Crippen LogP contribution in [0.1, 0.15) is 17.3 Å². The van der Waals surface area contributed by atoms with Crippen molar-refractivity contribution >= 4 is 17.8 Å². The topological polar surface area (TPSA) is 162 Å². The van der Waals surface area contributed by atoms with Gasteiger partial charge < -0.3 is 37.2 Å². The zero-order valence-corrected chi connectivity index (χ0v) is 14.7. The first-order valence-corrected chi connectivity index (χ1v) is 8.51. The molecule has 0 unspecified atom stereocenters. The van der Waals surface area contributed by atoms with Crippen molar-refractivity contribution in [1.29, 1.82) is 0 Å². The van der Waals surface area contributed by atoms with E-state index < -0.39 is 52.7 Å². The lowest BCUT2D eigenvalue weighted by atomic mass is 9.85. The molecule has 28 heavy (non-hydrogen) atoms. The highest BCUT2D eigenvalue weighted by molar-refractivity contribution is 5.95. The van der Waals surface area contributed by atoms with Gasteiger partial charge in [0.1, 0.15) is 12.1 Å². The van der Waals surface area contributed by atoms with E-state index in [0.717, 1.165) is 12.1 Å². The first-order valence-electron chi connectivity index (χ1n) is 8.51. The Morgan fingerprint density at radius 2 is 2.07 bits per heavy atom. The lowest BCUT2D eigenvalue weighted by molar-refractivity contribution is -0.230. The summed E-state index contributed by atoms with van der Waals surface area (Å²) in [5, 5.41) is 27.1. The molecular weight excluding hydrogens is 376 g/mol. The highest BCUT2D eigenvalue weighted by atomic mass is 19.2. The molecule has 0 aromatic heterocycles. The second-order valence-corrected chi connectivity index (χ2v) is 7.04. The maximum Gasteiger partial charge on any atom is 0.254 e. The van der Waals surface area contributed by atoms with Gasteiger partial charge in [0.25, 0.3) is 5.91 Å². The number of nitrogens with two attached hydrogens (primary N) is 2. The number of amides is 1. The number of guanidine groups is 2. The second kappa shape index (κ2) is 5.75. The van der Waals surface area contributed by atoms with E-state index in [1.54, 1.807) is 6.92 Å². The van der Waals surface area contributed by atoms with Gasteiger partial charge in [0.05, 0.1) is 11.6 Å². The summed E-state index contributed by atoms with van der Waals surface area (Å²) in [6.45, 7) is 1.51. The SMILES string of the molecule is C[C@@H]1N=C(N)N2C[C@H](NC(=O)c3cccc(F)c3F)C(O)(O)[C@@]23NC(N)=N[C@@H]13. The van der Waals surface area contributed by atoms with Crippen LogP contribution in [0.5, 0.6) is 0 Å². The van der Waals surface area contributed by atoms with Gasteiger partial charge in [-0.15, -0.1) is 0 Å². The highest BCUT2D eigenvalue weighted by Gasteiger charge is 2.73. The number of rotatable bonds is 2. The standard InChI is InChI=1S/C16H19F2N7O3/c1-6-11-15(24-13(19)23-11)16(27,28)9(5-25(15)14(20)21-6)22-12(26)7-3-2-4-8(17)10(7)18/h2-4,6,9,11,27-28H,5H2,1H3,(H2,20,21)(H,22,26)(H3,19,23,24)/t6-,9-,11-,15-/m0/s1. The Bertz CT molecular complexity index is 921. The van der Waals surface area contributed by atoms with Crippen LogP contribution >= 0.6 is 0 Å². The van der Waals surface area contributed by atoms with Gasteiger partial charge in [-0.2, -0.15) is 0 Å². The van der Waals surface area contributed by atoms with Crippen molar-refractivity contribution < 1.29 is 23.8 Å². The molecule has 150 valence electrons. The smallest absolute Gasteiger partial charge is 0.254 e. The largest absolute Gasteiger partial charge is 0.370 e. The average molecular weight is 395 g/mol. The quantitative estimate of drug-likeness (QED) is 0.309. The molecule has 3 aliphatic heterocycles. The van der Waals surface area contributed by atoms with E-state index in [1.807, 2.05) is 0 Å². The monoisotopic (exact) mass is 395 g/mol. The normalized spacial score (nSPS) is 32.8. The Morgan fingerprint density at radius 1 is 1.36 bits per heavy atom. The fourth-order valence-corrected chi connectivity index (χ4v) is 4.14. The van der Waals surface area contributed by atoms with E-state index >= 15 is 0 Å². The molecule has 12 heteroatoms. The summed E-state index contributed by atoms with van der Waals surface area (Å²) in [5.74, 6) is -6.20. The number of nitrogens with zero attached hydrogens (tertiary/aromatic N) is 3. The highest BCUT2D eigenvalue weighted by Crippen LogP contribution is 2.44. The second-order valence-electron chi connectivity index (χ2n) is 7.04. The number of carbonyl (C=O) groups is 1. The van der Waals surface area contributed by atoms with Crippen LogP contribution in [-0.4, -0.2) is 69.1 Å². The Kier molecular flexibility index (Phi) is 3.78. The average Bonchev–Trinajstić information content (AvgIpc) is 3.08. The lowest BCUT2D eigenvalue weighted by Crippen LogP contribution is -2.77. The number of aliphatic hydroxyl groups is 2. The van der Waals surface area contributed by atoms with Crippen LogP contribution in [0.2, 0.25) is 0 Å². The molecule has 0 radical (unpaired) electrons. The Labute approximate surface area is 157 Å². The molecule has 0 saturated carbocycles. The molecule has 10 nitrogen and oxygen atoms in total. The molecule has 1 saturated heterocycles. The fourth-order valence-electron chi connectivity index (χ4n) is 4.14. The summed E-state index contributed by atoms with van der Waals surface area (Å²) in [7, 11) is 0. The van der Waals surface area contributed by atoms with Crippen LogP contribution in [0, 0.1) is 11.6 Å². The van der Waals surface area contributed by atoms with Gasteiger partial charge in [0, 0.05) is 6.54 Å². The molecule has 1 aromatic carbocycles. The van der Waals surface area contributed by atoms with Crippen molar-refractivity contribution in [2.75, 3.05) is 6.54 Å². The molecule has 0 bridgehead atoms. The third kappa shape index (κ3) is 2.21. The van der Waals surface area contributed by atoms with Gasteiger partial charge in [0.2, 0.25) is 5.79 Å². The van der Waals surface area contributed by atoms with Crippen LogP contribution < -0.4 is 22.1 Å². The number of carbonyl (C=O) groups excluding carboxylic acids is 1. The van der Waals surface area contributed by atoms with Crippen molar-refractivity contribution in [3.05, 3.63) is 35.4 Å². The Balaban J connectivity index is 1.69. The van der Waals surface area contributed by atoms with Crippen molar-refractivity contribution in [2.45, 2.75) is 36.5 Å². The maximum absolute atomic E-state index is 13.9. The van der Waals surface area contributed by atoms with Crippen LogP contribution in [-0.2, 0) is 0 Å². The molecule has 1 amide bonds. The fraction of sp³-hybridized carbons (Fsp3) is 0.438. The van der Waals surface area contributed by atoms with Crippen molar-refractivity contribution in [3.63, 3.8) is 0 Å². The molecule has 3 aliphatic rings. The van der Waals surface area contributed by atoms with E-state index in [-0.39, 0.29) is 18.5 Å². The Morgan fingerprint density at radius 3 is 2.79 bits per heavy atom. The number of benzene rings is 1. The minimum atomic E-state index is -2.61. The molecule has 4 atom stereocenters. The van der Waals surface area contributed by atoms with Crippen LogP contribution in [0.4, 0.5) is 8.78 Å². The van der Waals surface area contributed by atoms with E-state index in [9.17, 15) is 23.8 Å². The molecule has 8 N–H and O–H groups in total. The molecular formula is C16H19F2N7O3. The minimum absolute atomic E-state index is 0.00214. The summed E-state index contributed by atoms with van der Waals surface area (Å²) >= 11 is 0. The number of hydrogen-bond donors (Lipinski definition) is 6. The van der Waals surface area contributed by atoms with Crippen LogP contribution in [0.15, 0.2) is 28.2 Å². The molecule has 1 spiro atoms. The molecule has 4 rings (SSSR count). The predicted octanol–water partition coefficient (Wildman–Crippen LogP) is -2.24. The third-order valence-corrected chi connectivity index (χ3v) is 5.43. The number of halogens is 2. The van der Waals surface area contributed by atoms with Gasteiger partial charge >= 0.3 is 0 Å². The minimum Gasteiger partial charge on any atom is -0.370 e. The van der Waals surface area contributed by atoms with E-state index in [1.165, 1.54) is 11.0 Å². The molecule has 3 heterocycles. The first-order chi connectivity index (χ1) is 13.1. The summed E-state index contributed by atoms with van der Waals surface area (Å²) < 4.78 is 27.4. The molecule has 1 aromatic rings. The maximum atomic E-state index is 13.9.